The Bertz CT molecular complexity index is 480. The van der Waals surface area contributed by atoms with Gasteiger partial charge in [0, 0.05) is 12.2 Å². The number of carbonyl (C=O) groups excluding carboxylic acids is 1. The number of hydrogen-bond donors (Lipinski definition) is 2. The fourth-order valence-corrected chi connectivity index (χ4v) is 1.76. The van der Waals surface area contributed by atoms with E-state index in [4.69, 9.17) is 5.11 Å². The van der Waals surface area contributed by atoms with Crippen molar-refractivity contribution in [3.8, 4) is 0 Å². The van der Waals surface area contributed by atoms with Gasteiger partial charge in [0.15, 0.2) is 0 Å². The second-order valence-corrected chi connectivity index (χ2v) is 4.51. The standard InChI is InChI=1S/C13H15NO4/c1-18-11(15)9-3-2-4-10(7-9)14-8-13(5-6-13)12(16)17/h2-4,7,14H,5-6,8H2,1H3,(H,16,17). The molecular weight excluding hydrogens is 234 g/mol. The fourth-order valence-electron chi connectivity index (χ4n) is 1.76. The molecule has 1 saturated carbocycles. The maximum absolute atomic E-state index is 11.3. The molecule has 1 aromatic carbocycles. The molecule has 2 N–H and O–H groups in total. The van der Waals surface area contributed by atoms with E-state index in [1.54, 1.807) is 24.3 Å². The molecule has 1 aliphatic carbocycles. The van der Waals surface area contributed by atoms with E-state index >= 15 is 0 Å². The number of benzene rings is 1. The lowest BCUT2D eigenvalue weighted by atomic mass is 10.1. The Morgan fingerprint density at radius 3 is 2.72 bits per heavy atom. The average molecular weight is 249 g/mol. The first-order valence-corrected chi connectivity index (χ1v) is 5.73. The van der Waals surface area contributed by atoms with E-state index < -0.39 is 17.4 Å². The molecule has 2 rings (SSSR count). The highest BCUT2D eigenvalue weighted by Gasteiger charge is 2.49. The molecule has 0 aromatic heterocycles. The summed E-state index contributed by atoms with van der Waals surface area (Å²) in [6.45, 7) is 0.382. The van der Waals surface area contributed by atoms with Gasteiger partial charge in [-0.1, -0.05) is 6.07 Å². The number of anilines is 1. The molecule has 1 fully saturated rings. The van der Waals surface area contributed by atoms with E-state index in [0.29, 0.717) is 24.9 Å². The summed E-state index contributed by atoms with van der Waals surface area (Å²) in [5.41, 5.74) is 0.550. The number of rotatable bonds is 5. The minimum absolute atomic E-state index is 0.382. The van der Waals surface area contributed by atoms with Crippen LogP contribution in [0.4, 0.5) is 5.69 Å². The van der Waals surface area contributed by atoms with Crippen LogP contribution in [0, 0.1) is 5.41 Å². The van der Waals surface area contributed by atoms with E-state index in [-0.39, 0.29) is 0 Å². The summed E-state index contributed by atoms with van der Waals surface area (Å²) < 4.78 is 4.63. The Morgan fingerprint density at radius 2 is 2.17 bits per heavy atom. The Kier molecular flexibility index (Phi) is 3.23. The molecule has 18 heavy (non-hydrogen) atoms. The van der Waals surface area contributed by atoms with Crippen LogP contribution in [0.2, 0.25) is 0 Å². The number of hydrogen-bond acceptors (Lipinski definition) is 4. The SMILES string of the molecule is COC(=O)c1cccc(NCC2(C(=O)O)CC2)c1. The van der Waals surface area contributed by atoms with Crippen molar-refractivity contribution in [3.05, 3.63) is 29.8 Å². The zero-order valence-electron chi connectivity index (χ0n) is 10.1. The smallest absolute Gasteiger partial charge is 0.337 e. The van der Waals surface area contributed by atoms with Crippen molar-refractivity contribution in [1.82, 2.24) is 0 Å². The molecule has 0 amide bonds. The third-order valence-corrected chi connectivity index (χ3v) is 3.22. The van der Waals surface area contributed by atoms with Gasteiger partial charge in [-0.2, -0.15) is 0 Å². The lowest BCUT2D eigenvalue weighted by Crippen LogP contribution is -2.24. The second kappa shape index (κ2) is 4.68. The topological polar surface area (TPSA) is 75.6 Å². The van der Waals surface area contributed by atoms with E-state index in [0.717, 1.165) is 5.69 Å². The van der Waals surface area contributed by atoms with Gasteiger partial charge in [-0.15, -0.1) is 0 Å². The van der Waals surface area contributed by atoms with E-state index in [2.05, 4.69) is 10.1 Å². The van der Waals surface area contributed by atoms with E-state index in [1.165, 1.54) is 7.11 Å². The zero-order valence-corrected chi connectivity index (χ0v) is 10.1. The minimum Gasteiger partial charge on any atom is -0.481 e. The molecule has 1 aromatic rings. The Hall–Kier alpha value is -2.04. The van der Waals surface area contributed by atoms with Crippen molar-refractivity contribution >= 4 is 17.6 Å². The van der Waals surface area contributed by atoms with Gasteiger partial charge in [0.25, 0.3) is 0 Å². The van der Waals surface area contributed by atoms with Crippen LogP contribution in [0.15, 0.2) is 24.3 Å². The van der Waals surface area contributed by atoms with Crippen LogP contribution in [0.1, 0.15) is 23.2 Å². The number of nitrogens with one attached hydrogen (secondary N) is 1. The van der Waals surface area contributed by atoms with Crippen molar-refractivity contribution in [2.45, 2.75) is 12.8 Å². The summed E-state index contributed by atoms with van der Waals surface area (Å²) in [4.78, 5) is 22.4. The number of aliphatic carboxylic acids is 1. The number of esters is 1. The molecule has 0 atom stereocenters. The normalized spacial score (nSPS) is 15.8. The Labute approximate surface area is 105 Å². The van der Waals surface area contributed by atoms with Crippen LogP contribution in [0.5, 0.6) is 0 Å². The lowest BCUT2D eigenvalue weighted by Gasteiger charge is -2.12. The quantitative estimate of drug-likeness (QED) is 0.777. The first kappa shape index (κ1) is 12.4. The molecule has 0 radical (unpaired) electrons. The van der Waals surface area contributed by atoms with Gasteiger partial charge >= 0.3 is 11.9 Å². The highest BCUT2D eigenvalue weighted by molar-refractivity contribution is 5.90. The van der Waals surface area contributed by atoms with Crippen LogP contribution in [-0.2, 0) is 9.53 Å². The van der Waals surface area contributed by atoms with Gasteiger partial charge < -0.3 is 15.2 Å². The Balaban J connectivity index is 2.02. The van der Waals surface area contributed by atoms with Crippen LogP contribution in [0.25, 0.3) is 0 Å². The van der Waals surface area contributed by atoms with Gasteiger partial charge in [0.1, 0.15) is 0 Å². The van der Waals surface area contributed by atoms with Gasteiger partial charge in [-0.05, 0) is 31.0 Å². The molecule has 96 valence electrons. The predicted molar refractivity (Wildman–Crippen MR) is 65.6 cm³/mol. The molecule has 5 heteroatoms. The number of carbonyl (C=O) groups is 2. The van der Waals surface area contributed by atoms with Gasteiger partial charge in [-0.3, -0.25) is 4.79 Å². The molecule has 0 unspecified atom stereocenters. The van der Waals surface area contributed by atoms with E-state index in [9.17, 15) is 9.59 Å². The minimum atomic E-state index is -0.765. The summed E-state index contributed by atoms with van der Waals surface area (Å²) in [5, 5.41) is 12.1. The average Bonchev–Trinajstić information content (AvgIpc) is 3.17. The predicted octanol–water partition coefficient (Wildman–Crippen LogP) is 1.75. The number of carboxylic acid groups (broad SMARTS) is 1. The molecule has 0 heterocycles. The highest BCUT2D eigenvalue weighted by Crippen LogP contribution is 2.45. The maximum atomic E-state index is 11.3. The zero-order chi connectivity index (χ0) is 13.2. The number of ether oxygens (including phenoxy) is 1. The fraction of sp³-hybridized carbons (Fsp3) is 0.385. The first-order chi connectivity index (χ1) is 8.57. The van der Waals surface area contributed by atoms with Crippen molar-refractivity contribution in [2.24, 2.45) is 5.41 Å². The summed E-state index contributed by atoms with van der Waals surface area (Å²) in [7, 11) is 1.33. The molecule has 5 nitrogen and oxygen atoms in total. The second-order valence-electron chi connectivity index (χ2n) is 4.51. The summed E-state index contributed by atoms with van der Waals surface area (Å²) >= 11 is 0. The van der Waals surface area contributed by atoms with Crippen LogP contribution in [0.3, 0.4) is 0 Å². The van der Waals surface area contributed by atoms with Crippen LogP contribution >= 0.6 is 0 Å². The third-order valence-electron chi connectivity index (χ3n) is 3.22. The first-order valence-electron chi connectivity index (χ1n) is 5.73. The lowest BCUT2D eigenvalue weighted by molar-refractivity contribution is -0.142. The van der Waals surface area contributed by atoms with Crippen molar-refractivity contribution in [3.63, 3.8) is 0 Å². The van der Waals surface area contributed by atoms with Crippen LogP contribution < -0.4 is 5.32 Å². The summed E-state index contributed by atoms with van der Waals surface area (Å²) in [6, 6.07) is 6.84. The molecule has 0 aliphatic heterocycles. The van der Waals surface area contributed by atoms with Crippen LogP contribution in [-0.4, -0.2) is 30.7 Å². The Morgan fingerprint density at radius 1 is 1.44 bits per heavy atom. The summed E-state index contributed by atoms with van der Waals surface area (Å²) in [5.74, 6) is -1.17. The molecule has 0 saturated heterocycles. The number of methoxy groups -OCH3 is 1. The van der Waals surface area contributed by atoms with Gasteiger partial charge in [-0.25, -0.2) is 4.79 Å². The van der Waals surface area contributed by atoms with Crippen molar-refractivity contribution in [1.29, 1.82) is 0 Å². The maximum Gasteiger partial charge on any atom is 0.337 e. The molecule has 0 bridgehead atoms. The molecular formula is C13H15NO4. The molecule has 0 spiro atoms. The van der Waals surface area contributed by atoms with Crippen molar-refractivity contribution in [2.75, 3.05) is 19.0 Å². The number of carboxylic acids is 1. The van der Waals surface area contributed by atoms with E-state index in [1.807, 2.05) is 0 Å². The summed E-state index contributed by atoms with van der Waals surface area (Å²) in [6.07, 6.45) is 1.40. The van der Waals surface area contributed by atoms with Crippen molar-refractivity contribution < 1.29 is 19.4 Å². The third kappa shape index (κ3) is 2.45. The monoisotopic (exact) mass is 249 g/mol. The highest BCUT2D eigenvalue weighted by atomic mass is 16.5. The van der Waals surface area contributed by atoms with Gasteiger partial charge in [0.05, 0.1) is 18.1 Å². The molecule has 1 aliphatic rings. The largest absolute Gasteiger partial charge is 0.481 e. The van der Waals surface area contributed by atoms with Gasteiger partial charge in [0.2, 0.25) is 0 Å².